The summed E-state index contributed by atoms with van der Waals surface area (Å²) in [6.07, 6.45) is 1.44. The van der Waals surface area contributed by atoms with E-state index < -0.39 is 10.5 Å². The summed E-state index contributed by atoms with van der Waals surface area (Å²) < 4.78 is 5.07. The number of hydrogen-bond acceptors (Lipinski definition) is 4. The lowest BCUT2D eigenvalue weighted by Crippen LogP contribution is -2.04. The Morgan fingerprint density at radius 1 is 1.92 bits per heavy atom. The molecular formula is C6H7N3O3. The van der Waals surface area contributed by atoms with Gasteiger partial charge in [-0.25, -0.2) is 0 Å². The van der Waals surface area contributed by atoms with Crippen molar-refractivity contribution in [2.75, 3.05) is 6.61 Å². The number of nitro groups is 1. The molecule has 1 unspecified atom stereocenters. The zero-order chi connectivity index (χ0) is 8.77. The number of H-pyrrole nitrogens is 1. The second-order valence-corrected chi connectivity index (χ2v) is 2.91. The van der Waals surface area contributed by atoms with Crippen molar-refractivity contribution in [2.24, 2.45) is 0 Å². The van der Waals surface area contributed by atoms with Gasteiger partial charge in [-0.1, -0.05) is 5.10 Å². The molecule has 2 rings (SSSR count). The van der Waals surface area contributed by atoms with Crippen LogP contribution in [-0.2, 0) is 10.3 Å². The molecule has 0 radical (unpaired) electrons. The van der Waals surface area contributed by atoms with E-state index in [4.69, 9.17) is 4.74 Å². The van der Waals surface area contributed by atoms with Crippen molar-refractivity contribution in [2.45, 2.75) is 12.5 Å². The lowest BCUT2D eigenvalue weighted by atomic mass is 10.1. The molecule has 1 aromatic rings. The van der Waals surface area contributed by atoms with Gasteiger partial charge in [-0.2, -0.15) is 0 Å². The molecule has 1 aliphatic rings. The molecule has 0 aromatic carbocycles. The Balaban J connectivity index is 2.43. The Bertz CT molecular complexity index is 329. The van der Waals surface area contributed by atoms with Crippen molar-refractivity contribution >= 4 is 5.82 Å². The summed E-state index contributed by atoms with van der Waals surface area (Å²) in [7, 11) is 0. The summed E-state index contributed by atoms with van der Waals surface area (Å²) in [6, 6.07) is 0. The number of aromatic amines is 1. The third-order valence-corrected chi connectivity index (χ3v) is 1.95. The van der Waals surface area contributed by atoms with E-state index in [1.54, 1.807) is 6.92 Å². The van der Waals surface area contributed by atoms with Gasteiger partial charge in [-0.3, -0.25) is 0 Å². The van der Waals surface area contributed by atoms with Crippen molar-refractivity contribution in [1.82, 2.24) is 10.2 Å². The average molecular weight is 169 g/mol. The summed E-state index contributed by atoms with van der Waals surface area (Å²) >= 11 is 0. The van der Waals surface area contributed by atoms with Crippen LogP contribution in [0, 0.1) is 10.1 Å². The first-order valence-corrected chi connectivity index (χ1v) is 3.46. The molecular weight excluding hydrogens is 162 g/mol. The monoisotopic (exact) mass is 169 g/mol. The topological polar surface area (TPSA) is 84.3 Å². The first kappa shape index (κ1) is 7.23. The van der Waals surface area contributed by atoms with Crippen molar-refractivity contribution in [3.8, 4) is 0 Å². The molecule has 0 spiro atoms. The third-order valence-electron chi connectivity index (χ3n) is 1.95. The normalized spacial score (nSPS) is 27.1. The summed E-state index contributed by atoms with van der Waals surface area (Å²) in [6.45, 7) is 2.32. The zero-order valence-electron chi connectivity index (χ0n) is 6.40. The van der Waals surface area contributed by atoms with Gasteiger partial charge >= 0.3 is 5.82 Å². The van der Waals surface area contributed by atoms with Gasteiger partial charge in [-0.05, 0) is 11.8 Å². The smallest absolute Gasteiger partial charge is 0.348 e. The van der Waals surface area contributed by atoms with Gasteiger partial charge < -0.3 is 14.9 Å². The van der Waals surface area contributed by atoms with Gasteiger partial charge in [0.25, 0.3) is 0 Å². The molecule has 2 heterocycles. The molecule has 1 N–H and O–H groups in total. The fourth-order valence-corrected chi connectivity index (χ4v) is 1.07. The third kappa shape index (κ3) is 0.884. The van der Waals surface area contributed by atoms with Crippen LogP contribution >= 0.6 is 0 Å². The van der Waals surface area contributed by atoms with Gasteiger partial charge in [0.05, 0.1) is 12.8 Å². The highest BCUT2D eigenvalue weighted by molar-refractivity contribution is 5.37. The van der Waals surface area contributed by atoms with Crippen molar-refractivity contribution < 1.29 is 9.66 Å². The van der Waals surface area contributed by atoms with Crippen LogP contribution in [0.15, 0.2) is 6.20 Å². The lowest BCUT2D eigenvalue weighted by Gasteiger charge is -1.99. The van der Waals surface area contributed by atoms with Crippen LogP contribution in [0.3, 0.4) is 0 Å². The Labute approximate surface area is 67.7 Å². The molecule has 6 nitrogen and oxygen atoms in total. The maximum absolute atomic E-state index is 10.4. The van der Waals surface area contributed by atoms with Crippen LogP contribution in [0.2, 0.25) is 0 Å². The Kier molecular flexibility index (Phi) is 1.23. The molecule has 0 aliphatic carbocycles. The molecule has 0 saturated carbocycles. The Hall–Kier alpha value is -1.43. The first-order valence-electron chi connectivity index (χ1n) is 3.46. The van der Waals surface area contributed by atoms with E-state index in [9.17, 15) is 10.1 Å². The second kappa shape index (κ2) is 2.04. The highest BCUT2D eigenvalue weighted by atomic mass is 16.6. The summed E-state index contributed by atoms with van der Waals surface area (Å²) in [5.41, 5.74) is 0.0302. The quantitative estimate of drug-likeness (QED) is 0.398. The van der Waals surface area contributed by atoms with Crippen LogP contribution in [0.4, 0.5) is 5.82 Å². The predicted molar refractivity (Wildman–Crippen MR) is 38.5 cm³/mol. The summed E-state index contributed by atoms with van der Waals surface area (Å²) in [5.74, 6) is -0.0741. The number of hydrogen-bond donors (Lipinski definition) is 1. The molecule has 1 atom stereocenters. The van der Waals surface area contributed by atoms with Crippen molar-refractivity contribution in [1.29, 1.82) is 0 Å². The van der Waals surface area contributed by atoms with Gasteiger partial charge in [0.1, 0.15) is 11.2 Å². The fraction of sp³-hybridized carbons (Fsp3) is 0.500. The number of epoxide rings is 1. The lowest BCUT2D eigenvalue weighted by molar-refractivity contribution is -0.390. The van der Waals surface area contributed by atoms with Crippen molar-refractivity contribution in [3.05, 3.63) is 21.9 Å². The molecule has 64 valence electrons. The number of rotatable bonds is 2. The fourth-order valence-electron chi connectivity index (χ4n) is 1.07. The molecule has 1 saturated heterocycles. The number of nitrogens with zero attached hydrogens (tertiary/aromatic N) is 2. The maximum Gasteiger partial charge on any atom is 0.348 e. The molecule has 6 heteroatoms. The van der Waals surface area contributed by atoms with E-state index in [0.717, 1.165) is 0 Å². The Morgan fingerprint density at radius 3 is 3.08 bits per heavy atom. The van der Waals surface area contributed by atoms with E-state index in [1.807, 2.05) is 0 Å². The van der Waals surface area contributed by atoms with Gasteiger partial charge in [0, 0.05) is 0 Å². The molecule has 1 fully saturated rings. The van der Waals surface area contributed by atoms with Crippen LogP contribution < -0.4 is 0 Å². The highest BCUT2D eigenvalue weighted by Gasteiger charge is 2.46. The summed E-state index contributed by atoms with van der Waals surface area (Å²) in [4.78, 5) is 9.95. The minimum Gasteiger partial charge on any atom is -0.364 e. The van der Waals surface area contributed by atoms with Gasteiger partial charge in [0.15, 0.2) is 0 Å². The predicted octanol–water partition coefficient (Wildman–Crippen LogP) is 0.563. The Morgan fingerprint density at radius 2 is 2.58 bits per heavy atom. The van der Waals surface area contributed by atoms with Crippen LogP contribution in [0.1, 0.15) is 12.5 Å². The SMILES string of the molecule is CC1(c2cn[nH]c2[N+](=O)[O-])CO1. The highest BCUT2D eigenvalue weighted by Crippen LogP contribution is 2.41. The van der Waals surface area contributed by atoms with E-state index >= 15 is 0 Å². The molecule has 1 aliphatic heterocycles. The van der Waals surface area contributed by atoms with Crippen LogP contribution in [-0.4, -0.2) is 21.7 Å². The first-order chi connectivity index (χ1) is 5.63. The minimum atomic E-state index is -0.491. The molecule has 12 heavy (non-hydrogen) atoms. The van der Waals surface area contributed by atoms with Crippen molar-refractivity contribution in [3.63, 3.8) is 0 Å². The second-order valence-electron chi connectivity index (χ2n) is 2.91. The molecule has 1 aromatic heterocycles. The van der Waals surface area contributed by atoms with E-state index in [-0.39, 0.29) is 5.82 Å². The standard InChI is InChI=1S/C6H7N3O3/c1-6(3-12-6)4-2-7-8-5(4)9(10)11/h2H,3H2,1H3,(H,7,8). The largest absolute Gasteiger partial charge is 0.364 e. The average Bonchev–Trinajstić information content (AvgIpc) is 2.61. The number of aromatic nitrogens is 2. The summed E-state index contributed by atoms with van der Waals surface area (Å²) in [5, 5.41) is 16.4. The maximum atomic E-state index is 10.4. The molecule has 0 amide bonds. The number of nitrogens with one attached hydrogen (secondary N) is 1. The minimum absolute atomic E-state index is 0.0741. The van der Waals surface area contributed by atoms with Gasteiger partial charge in [-0.15, -0.1) is 5.10 Å². The zero-order valence-corrected chi connectivity index (χ0v) is 6.40. The number of ether oxygens (including phenoxy) is 1. The van der Waals surface area contributed by atoms with Gasteiger partial charge in [0.2, 0.25) is 0 Å². The van der Waals surface area contributed by atoms with E-state index in [1.165, 1.54) is 6.20 Å². The van der Waals surface area contributed by atoms with E-state index in [2.05, 4.69) is 10.2 Å². The van der Waals surface area contributed by atoms with Crippen LogP contribution in [0.25, 0.3) is 0 Å². The van der Waals surface area contributed by atoms with E-state index in [0.29, 0.717) is 12.2 Å². The van der Waals surface area contributed by atoms with Crippen LogP contribution in [0.5, 0.6) is 0 Å². The molecule has 0 bridgehead atoms.